The molecule has 2 fully saturated rings. The SMILES string of the molecule is CN=C(NCCCCOc1ccccc1)N1CC2CCCCC2C1. The number of aliphatic imine (C=N–C) groups is 1. The molecule has 1 saturated carbocycles. The van der Waals surface area contributed by atoms with Crippen LogP contribution in [0.3, 0.4) is 0 Å². The molecule has 3 rings (SSSR count). The van der Waals surface area contributed by atoms with E-state index in [9.17, 15) is 0 Å². The van der Waals surface area contributed by atoms with Crippen LogP contribution in [0, 0.1) is 11.8 Å². The highest BCUT2D eigenvalue weighted by molar-refractivity contribution is 5.80. The predicted octanol–water partition coefficient (Wildman–Crippen LogP) is 3.54. The van der Waals surface area contributed by atoms with Crippen molar-refractivity contribution in [1.82, 2.24) is 10.2 Å². The van der Waals surface area contributed by atoms with Crippen molar-refractivity contribution in [3.05, 3.63) is 30.3 Å². The van der Waals surface area contributed by atoms with Crippen molar-refractivity contribution in [3.63, 3.8) is 0 Å². The summed E-state index contributed by atoms with van der Waals surface area (Å²) in [7, 11) is 1.91. The molecule has 1 N–H and O–H groups in total. The number of nitrogens with zero attached hydrogens (tertiary/aromatic N) is 2. The first-order chi connectivity index (χ1) is 11.9. The minimum absolute atomic E-state index is 0.776. The fourth-order valence-corrected chi connectivity index (χ4v) is 4.05. The molecule has 2 unspecified atom stereocenters. The van der Waals surface area contributed by atoms with Gasteiger partial charge in [-0.15, -0.1) is 0 Å². The summed E-state index contributed by atoms with van der Waals surface area (Å²) in [5.41, 5.74) is 0. The first kappa shape index (κ1) is 17.1. The molecule has 0 bridgehead atoms. The van der Waals surface area contributed by atoms with Gasteiger partial charge in [-0.25, -0.2) is 0 Å². The number of hydrogen-bond acceptors (Lipinski definition) is 2. The van der Waals surface area contributed by atoms with Gasteiger partial charge >= 0.3 is 0 Å². The van der Waals surface area contributed by atoms with Crippen molar-refractivity contribution < 1.29 is 4.74 Å². The fourth-order valence-electron chi connectivity index (χ4n) is 4.05. The third-order valence-corrected chi connectivity index (χ3v) is 5.35. The highest BCUT2D eigenvalue weighted by Gasteiger charge is 2.35. The molecule has 4 nitrogen and oxygen atoms in total. The summed E-state index contributed by atoms with van der Waals surface area (Å²) in [6, 6.07) is 10.0. The lowest BCUT2D eigenvalue weighted by Gasteiger charge is -2.22. The Bertz CT molecular complexity index is 503. The van der Waals surface area contributed by atoms with E-state index in [2.05, 4.69) is 15.2 Å². The second kappa shape index (κ2) is 8.95. The van der Waals surface area contributed by atoms with Gasteiger partial charge in [-0.1, -0.05) is 31.0 Å². The van der Waals surface area contributed by atoms with E-state index in [1.165, 1.54) is 38.8 Å². The minimum atomic E-state index is 0.776. The molecule has 132 valence electrons. The molecule has 1 aliphatic heterocycles. The molecule has 1 aliphatic carbocycles. The van der Waals surface area contributed by atoms with E-state index in [0.717, 1.165) is 49.5 Å². The van der Waals surface area contributed by atoms with Gasteiger partial charge in [0.15, 0.2) is 5.96 Å². The third kappa shape index (κ3) is 4.65. The number of fused-ring (bicyclic) bond motifs is 1. The zero-order valence-corrected chi connectivity index (χ0v) is 14.9. The van der Waals surface area contributed by atoms with Crippen LogP contribution in [-0.2, 0) is 0 Å². The topological polar surface area (TPSA) is 36.9 Å². The van der Waals surface area contributed by atoms with Crippen LogP contribution in [0.15, 0.2) is 35.3 Å². The lowest BCUT2D eigenvalue weighted by Crippen LogP contribution is -2.40. The molecular weight excluding hydrogens is 298 g/mol. The first-order valence-corrected chi connectivity index (χ1v) is 9.50. The van der Waals surface area contributed by atoms with Crippen molar-refractivity contribution in [2.45, 2.75) is 38.5 Å². The fraction of sp³-hybridized carbons (Fsp3) is 0.650. The van der Waals surface area contributed by atoms with E-state index < -0.39 is 0 Å². The summed E-state index contributed by atoms with van der Waals surface area (Å²) in [4.78, 5) is 6.97. The maximum absolute atomic E-state index is 5.73. The number of guanidine groups is 1. The summed E-state index contributed by atoms with van der Waals surface area (Å²) in [5, 5.41) is 3.54. The zero-order chi connectivity index (χ0) is 16.6. The van der Waals surface area contributed by atoms with E-state index in [4.69, 9.17) is 4.74 Å². The molecule has 2 aliphatic rings. The minimum Gasteiger partial charge on any atom is -0.494 e. The van der Waals surface area contributed by atoms with Gasteiger partial charge in [0.05, 0.1) is 6.61 Å². The second-order valence-corrected chi connectivity index (χ2v) is 7.05. The normalized spacial score (nSPS) is 23.9. The Morgan fingerprint density at radius 2 is 1.83 bits per heavy atom. The number of unbranched alkanes of at least 4 members (excludes halogenated alkanes) is 1. The van der Waals surface area contributed by atoms with E-state index in [1.807, 2.05) is 37.4 Å². The van der Waals surface area contributed by atoms with E-state index in [1.54, 1.807) is 0 Å². The predicted molar refractivity (Wildman–Crippen MR) is 99.6 cm³/mol. The van der Waals surface area contributed by atoms with Gasteiger partial charge < -0.3 is 15.0 Å². The number of hydrogen-bond donors (Lipinski definition) is 1. The summed E-state index contributed by atoms with van der Waals surface area (Å²) in [6.45, 7) is 4.14. The molecular formula is C20H31N3O. The highest BCUT2D eigenvalue weighted by atomic mass is 16.5. The Morgan fingerprint density at radius 3 is 2.50 bits per heavy atom. The van der Waals surface area contributed by atoms with Crippen molar-refractivity contribution in [2.75, 3.05) is 33.3 Å². The highest BCUT2D eigenvalue weighted by Crippen LogP contribution is 2.35. The Morgan fingerprint density at radius 1 is 1.12 bits per heavy atom. The Kier molecular flexibility index (Phi) is 6.39. The van der Waals surface area contributed by atoms with Crippen LogP contribution in [0.1, 0.15) is 38.5 Å². The molecule has 0 aromatic heterocycles. The van der Waals surface area contributed by atoms with Crippen molar-refractivity contribution in [1.29, 1.82) is 0 Å². The molecule has 4 heteroatoms. The van der Waals surface area contributed by atoms with Crippen LogP contribution < -0.4 is 10.1 Å². The molecule has 0 amide bonds. The molecule has 0 radical (unpaired) electrons. The largest absolute Gasteiger partial charge is 0.494 e. The zero-order valence-electron chi connectivity index (χ0n) is 14.9. The molecule has 1 saturated heterocycles. The van der Waals surface area contributed by atoms with Gasteiger partial charge in [0, 0.05) is 26.7 Å². The molecule has 2 atom stereocenters. The van der Waals surface area contributed by atoms with E-state index >= 15 is 0 Å². The monoisotopic (exact) mass is 329 g/mol. The molecule has 0 spiro atoms. The van der Waals surface area contributed by atoms with Crippen LogP contribution in [0.25, 0.3) is 0 Å². The van der Waals surface area contributed by atoms with Crippen LogP contribution >= 0.6 is 0 Å². The van der Waals surface area contributed by atoms with Gasteiger partial charge in [0.2, 0.25) is 0 Å². The van der Waals surface area contributed by atoms with Crippen LogP contribution in [0.4, 0.5) is 0 Å². The smallest absolute Gasteiger partial charge is 0.193 e. The van der Waals surface area contributed by atoms with Crippen LogP contribution in [0.5, 0.6) is 5.75 Å². The Labute approximate surface area is 146 Å². The maximum Gasteiger partial charge on any atom is 0.193 e. The number of ether oxygens (including phenoxy) is 1. The Balaban J connectivity index is 1.32. The van der Waals surface area contributed by atoms with Crippen molar-refractivity contribution >= 4 is 5.96 Å². The van der Waals surface area contributed by atoms with E-state index in [0.29, 0.717) is 0 Å². The Hall–Kier alpha value is -1.71. The lowest BCUT2D eigenvalue weighted by molar-refractivity contribution is 0.299. The van der Waals surface area contributed by atoms with Crippen molar-refractivity contribution in [3.8, 4) is 5.75 Å². The number of rotatable bonds is 6. The van der Waals surface area contributed by atoms with Gasteiger partial charge in [0.25, 0.3) is 0 Å². The molecule has 1 heterocycles. The summed E-state index contributed by atoms with van der Waals surface area (Å²) in [5.74, 6) is 3.85. The number of para-hydroxylation sites is 1. The summed E-state index contributed by atoms with van der Waals surface area (Å²) in [6.07, 6.45) is 7.82. The first-order valence-electron chi connectivity index (χ1n) is 9.50. The molecule has 1 aromatic rings. The van der Waals surface area contributed by atoms with E-state index in [-0.39, 0.29) is 0 Å². The van der Waals surface area contributed by atoms with Gasteiger partial charge in [-0.2, -0.15) is 0 Å². The lowest BCUT2D eigenvalue weighted by atomic mass is 9.82. The number of likely N-dealkylation sites (tertiary alicyclic amines) is 1. The van der Waals surface area contributed by atoms with Crippen LogP contribution in [0.2, 0.25) is 0 Å². The average Bonchev–Trinajstić information content (AvgIpc) is 3.06. The second-order valence-electron chi connectivity index (χ2n) is 7.05. The van der Waals surface area contributed by atoms with Gasteiger partial charge in [-0.05, 0) is 49.7 Å². The standard InChI is InChI=1S/C20H31N3O/c1-21-20(23-15-17-9-5-6-10-18(17)16-23)22-13-7-8-14-24-19-11-3-2-4-12-19/h2-4,11-12,17-18H,5-10,13-16H2,1H3,(H,21,22). The summed E-state index contributed by atoms with van der Waals surface area (Å²) < 4.78 is 5.73. The summed E-state index contributed by atoms with van der Waals surface area (Å²) >= 11 is 0. The number of benzene rings is 1. The molecule has 24 heavy (non-hydrogen) atoms. The number of nitrogens with one attached hydrogen (secondary N) is 1. The van der Waals surface area contributed by atoms with Crippen molar-refractivity contribution in [2.24, 2.45) is 16.8 Å². The molecule has 1 aromatic carbocycles. The quantitative estimate of drug-likeness (QED) is 0.493. The average molecular weight is 329 g/mol. The van der Waals surface area contributed by atoms with Crippen LogP contribution in [-0.4, -0.2) is 44.1 Å². The van der Waals surface area contributed by atoms with Gasteiger partial charge in [-0.3, -0.25) is 4.99 Å². The maximum atomic E-state index is 5.73. The van der Waals surface area contributed by atoms with Gasteiger partial charge in [0.1, 0.15) is 5.75 Å². The third-order valence-electron chi connectivity index (χ3n) is 5.35.